The first-order valence-electron chi connectivity index (χ1n) is 7.12. The van der Waals surface area contributed by atoms with Gasteiger partial charge in [0.1, 0.15) is 6.54 Å². The lowest BCUT2D eigenvalue weighted by molar-refractivity contribution is -0.149. The van der Waals surface area contributed by atoms with Crippen molar-refractivity contribution >= 4 is 17.9 Å². The third-order valence-electron chi connectivity index (χ3n) is 3.53. The molecule has 1 saturated carbocycles. The van der Waals surface area contributed by atoms with Gasteiger partial charge in [-0.05, 0) is 25.7 Å². The molecule has 1 heterocycles. The molecule has 1 saturated heterocycles. The summed E-state index contributed by atoms with van der Waals surface area (Å²) in [6, 6.07) is -0.0999. The van der Waals surface area contributed by atoms with E-state index in [4.69, 9.17) is 9.84 Å². The van der Waals surface area contributed by atoms with Crippen molar-refractivity contribution in [3.05, 3.63) is 0 Å². The van der Waals surface area contributed by atoms with Gasteiger partial charge in [0.2, 0.25) is 5.91 Å². The number of rotatable bonds is 6. The molecule has 21 heavy (non-hydrogen) atoms. The largest absolute Gasteiger partial charge is 0.479 e. The van der Waals surface area contributed by atoms with E-state index in [-0.39, 0.29) is 37.2 Å². The van der Waals surface area contributed by atoms with E-state index >= 15 is 0 Å². The van der Waals surface area contributed by atoms with Gasteiger partial charge in [-0.15, -0.1) is 0 Å². The minimum Gasteiger partial charge on any atom is -0.479 e. The fourth-order valence-corrected chi connectivity index (χ4v) is 2.16. The third kappa shape index (κ3) is 4.89. The molecule has 3 N–H and O–H groups in total. The Morgan fingerprint density at radius 1 is 1.24 bits per heavy atom. The van der Waals surface area contributed by atoms with E-state index in [0.717, 1.165) is 12.8 Å². The van der Waals surface area contributed by atoms with Gasteiger partial charge in [0, 0.05) is 19.6 Å². The van der Waals surface area contributed by atoms with Crippen molar-refractivity contribution in [3.8, 4) is 0 Å². The van der Waals surface area contributed by atoms with E-state index in [1.165, 1.54) is 11.9 Å². The monoisotopic (exact) mass is 299 g/mol. The van der Waals surface area contributed by atoms with Gasteiger partial charge in [-0.1, -0.05) is 0 Å². The van der Waals surface area contributed by atoms with Gasteiger partial charge >= 0.3 is 12.0 Å². The van der Waals surface area contributed by atoms with E-state index in [1.807, 2.05) is 0 Å². The maximum atomic E-state index is 11.8. The number of hydrogen-bond donors (Lipinski definition) is 3. The van der Waals surface area contributed by atoms with Gasteiger partial charge in [-0.25, -0.2) is 9.59 Å². The van der Waals surface area contributed by atoms with Crippen molar-refractivity contribution < 1.29 is 24.2 Å². The fraction of sp³-hybridized carbons (Fsp3) is 0.769. The van der Waals surface area contributed by atoms with Crippen LogP contribution in [0.25, 0.3) is 0 Å². The molecule has 0 aromatic rings. The first-order chi connectivity index (χ1) is 9.95. The average Bonchev–Trinajstić information content (AvgIpc) is 3.09. The summed E-state index contributed by atoms with van der Waals surface area (Å²) >= 11 is 0. The van der Waals surface area contributed by atoms with E-state index in [9.17, 15) is 14.4 Å². The maximum Gasteiger partial charge on any atom is 0.332 e. The predicted molar refractivity (Wildman–Crippen MR) is 72.7 cm³/mol. The highest BCUT2D eigenvalue weighted by atomic mass is 16.5. The lowest BCUT2D eigenvalue weighted by Gasteiger charge is -2.19. The van der Waals surface area contributed by atoms with Crippen LogP contribution in [0.4, 0.5) is 4.79 Å². The molecule has 0 aromatic heterocycles. The Morgan fingerprint density at radius 2 is 1.95 bits per heavy atom. The lowest BCUT2D eigenvalue weighted by Crippen LogP contribution is -2.45. The molecule has 8 heteroatoms. The molecule has 3 amide bonds. The number of likely N-dealkylation sites (N-methyl/N-ethyl adjacent to an activating group) is 1. The van der Waals surface area contributed by atoms with Gasteiger partial charge in [-0.2, -0.15) is 0 Å². The summed E-state index contributed by atoms with van der Waals surface area (Å²) in [5, 5.41) is 14.3. The topological polar surface area (TPSA) is 108 Å². The van der Waals surface area contributed by atoms with E-state index in [1.54, 1.807) is 0 Å². The van der Waals surface area contributed by atoms with Crippen molar-refractivity contribution in [3.63, 3.8) is 0 Å². The quantitative estimate of drug-likeness (QED) is 0.615. The molecule has 2 fully saturated rings. The van der Waals surface area contributed by atoms with Gasteiger partial charge in [0.05, 0.1) is 6.10 Å². The number of nitrogens with one attached hydrogen (secondary N) is 2. The Hall–Kier alpha value is -1.83. The van der Waals surface area contributed by atoms with Crippen LogP contribution < -0.4 is 10.6 Å². The van der Waals surface area contributed by atoms with Gasteiger partial charge in [0.25, 0.3) is 0 Å². The zero-order valence-electron chi connectivity index (χ0n) is 12.0. The summed E-state index contributed by atoms with van der Waals surface area (Å²) in [5.74, 6) is -1.14. The molecule has 1 aliphatic carbocycles. The van der Waals surface area contributed by atoms with Crippen molar-refractivity contribution in [1.29, 1.82) is 0 Å². The minimum absolute atomic E-state index is 0.00556. The highest BCUT2D eigenvalue weighted by molar-refractivity contribution is 5.84. The van der Waals surface area contributed by atoms with E-state index in [2.05, 4.69) is 10.6 Å². The molecule has 1 aliphatic heterocycles. The zero-order chi connectivity index (χ0) is 15.4. The summed E-state index contributed by atoms with van der Waals surface area (Å²) in [4.78, 5) is 35.4. The van der Waals surface area contributed by atoms with Crippen LogP contribution in [0.2, 0.25) is 0 Å². The van der Waals surface area contributed by atoms with Gasteiger partial charge < -0.3 is 25.4 Å². The molecule has 2 rings (SSSR count). The minimum atomic E-state index is -0.974. The second-order valence-corrected chi connectivity index (χ2v) is 5.55. The van der Waals surface area contributed by atoms with Crippen LogP contribution in [0, 0.1) is 0 Å². The smallest absolute Gasteiger partial charge is 0.332 e. The summed E-state index contributed by atoms with van der Waals surface area (Å²) < 4.78 is 5.28. The Kier molecular flexibility index (Phi) is 5.00. The second kappa shape index (κ2) is 6.75. The first-order valence-corrected chi connectivity index (χ1v) is 7.12. The van der Waals surface area contributed by atoms with Crippen molar-refractivity contribution in [2.24, 2.45) is 0 Å². The number of urea groups is 1. The molecule has 0 spiro atoms. The molecule has 2 aliphatic rings. The Labute approximate surface area is 122 Å². The number of nitrogens with zero attached hydrogens (tertiary/aromatic N) is 1. The maximum absolute atomic E-state index is 11.8. The normalized spacial score (nSPS) is 24.4. The number of aliphatic carboxylic acids is 1. The Balaban J connectivity index is 1.64. The molecule has 0 bridgehead atoms. The van der Waals surface area contributed by atoms with Crippen LogP contribution in [0.5, 0.6) is 0 Å². The number of carbonyl (C=O) groups excluding carboxylic acids is 2. The second-order valence-electron chi connectivity index (χ2n) is 5.55. The van der Waals surface area contributed by atoms with E-state index in [0.29, 0.717) is 12.8 Å². The number of carboxylic acids is 1. The van der Waals surface area contributed by atoms with Crippen molar-refractivity contribution in [2.75, 3.05) is 20.1 Å². The summed E-state index contributed by atoms with van der Waals surface area (Å²) in [7, 11) is 1.54. The number of carbonyl (C=O) groups is 3. The van der Waals surface area contributed by atoms with Gasteiger partial charge in [0.15, 0.2) is 6.10 Å². The van der Waals surface area contributed by atoms with Crippen LogP contribution >= 0.6 is 0 Å². The SMILES string of the molecule is CN(CC(=O)NC1CC1)C(=O)NCC1CCC(C(=O)O)O1. The van der Waals surface area contributed by atoms with Crippen LogP contribution in [-0.4, -0.2) is 66.3 Å². The molecule has 2 atom stereocenters. The molecule has 2 unspecified atom stereocenters. The molecular formula is C13H21N3O5. The van der Waals surface area contributed by atoms with Crippen molar-refractivity contribution in [1.82, 2.24) is 15.5 Å². The Morgan fingerprint density at radius 3 is 2.52 bits per heavy atom. The summed E-state index contributed by atoms with van der Waals surface area (Å²) in [6.45, 7) is 0.253. The van der Waals surface area contributed by atoms with E-state index < -0.39 is 12.1 Å². The van der Waals surface area contributed by atoms with Crippen LogP contribution in [0.1, 0.15) is 25.7 Å². The predicted octanol–water partition coefficient (Wildman–Crippen LogP) is -0.461. The number of amides is 3. The molecule has 118 valence electrons. The molecule has 8 nitrogen and oxygen atoms in total. The highest BCUT2D eigenvalue weighted by Crippen LogP contribution is 2.19. The summed E-state index contributed by atoms with van der Waals surface area (Å²) in [5.41, 5.74) is 0. The fourth-order valence-electron chi connectivity index (χ4n) is 2.16. The molecule has 0 radical (unpaired) electrons. The standard InChI is InChI=1S/C13H21N3O5/c1-16(7-11(17)15-8-2-3-8)13(20)14-6-9-4-5-10(21-9)12(18)19/h8-10H,2-7H2,1H3,(H,14,20)(H,15,17)(H,18,19). The van der Waals surface area contributed by atoms with Crippen LogP contribution in [0.15, 0.2) is 0 Å². The number of carboxylic acid groups (broad SMARTS) is 1. The molecular weight excluding hydrogens is 278 g/mol. The molecule has 0 aromatic carbocycles. The third-order valence-corrected chi connectivity index (χ3v) is 3.53. The van der Waals surface area contributed by atoms with Crippen LogP contribution in [-0.2, 0) is 14.3 Å². The zero-order valence-corrected chi connectivity index (χ0v) is 12.0. The lowest BCUT2D eigenvalue weighted by atomic mass is 10.2. The highest BCUT2D eigenvalue weighted by Gasteiger charge is 2.30. The number of ether oxygens (including phenoxy) is 1. The van der Waals surface area contributed by atoms with Gasteiger partial charge in [-0.3, -0.25) is 4.79 Å². The van der Waals surface area contributed by atoms with Crippen LogP contribution in [0.3, 0.4) is 0 Å². The average molecular weight is 299 g/mol. The Bertz CT molecular complexity index is 424. The number of hydrogen-bond acceptors (Lipinski definition) is 4. The first kappa shape index (κ1) is 15.6. The van der Waals surface area contributed by atoms with Crippen molar-refractivity contribution in [2.45, 2.75) is 43.9 Å². The summed E-state index contributed by atoms with van der Waals surface area (Å²) in [6.07, 6.45) is 1.99.